The number of hydrazine groups is 1. The summed E-state index contributed by atoms with van der Waals surface area (Å²) in [6.07, 6.45) is 6.87. The average molecular weight is 237 g/mol. The van der Waals surface area contributed by atoms with E-state index in [9.17, 15) is 4.39 Å². The fraction of sp³-hybridized carbons (Fsp3) is 0.417. The zero-order chi connectivity index (χ0) is 12.3. The predicted octanol–water partition coefficient (Wildman–Crippen LogP) is 2.28. The lowest BCUT2D eigenvalue weighted by Gasteiger charge is -2.21. The zero-order valence-electron chi connectivity index (χ0n) is 9.74. The Kier molecular flexibility index (Phi) is 3.58. The third kappa shape index (κ3) is 2.74. The van der Waals surface area contributed by atoms with Crippen molar-refractivity contribution in [3.8, 4) is 0 Å². The van der Waals surface area contributed by atoms with E-state index in [0.29, 0.717) is 24.5 Å². The summed E-state index contributed by atoms with van der Waals surface area (Å²) in [6.45, 7) is 2.01. The molecule has 5 heteroatoms. The molecular formula is C12H16FN3O. The fourth-order valence-corrected chi connectivity index (χ4v) is 1.80. The Balaban J connectivity index is 2.08. The Morgan fingerprint density at radius 3 is 3.06 bits per heavy atom. The summed E-state index contributed by atoms with van der Waals surface area (Å²) in [5.41, 5.74) is 3.44. The molecule has 0 amide bonds. The van der Waals surface area contributed by atoms with Crippen LogP contribution in [0.2, 0.25) is 0 Å². The van der Waals surface area contributed by atoms with E-state index in [1.165, 1.54) is 6.08 Å². The minimum atomic E-state index is -0.307. The third-order valence-electron chi connectivity index (χ3n) is 2.84. The number of allylic oxidation sites excluding steroid dienone is 5. The van der Waals surface area contributed by atoms with Gasteiger partial charge in [-0.15, -0.1) is 0 Å². The van der Waals surface area contributed by atoms with Crippen LogP contribution < -0.4 is 11.3 Å². The number of nitrogens with two attached hydrogens (primary N) is 1. The maximum absolute atomic E-state index is 13.4. The van der Waals surface area contributed by atoms with E-state index in [2.05, 4.69) is 10.4 Å². The standard InChI is InChI=1S/C12H16FN3O/c1-8-6-12(15-7-10(8)16-14)17-11-5-3-2-4-9(11)13/h2,4,7-8,16H,3,5-6,14H2,1H3. The normalized spacial score (nSPS) is 24.3. The lowest BCUT2D eigenvalue weighted by Crippen LogP contribution is -2.28. The summed E-state index contributed by atoms with van der Waals surface area (Å²) < 4.78 is 18.9. The van der Waals surface area contributed by atoms with Gasteiger partial charge in [-0.1, -0.05) is 13.0 Å². The molecule has 0 spiro atoms. The Morgan fingerprint density at radius 2 is 2.41 bits per heavy atom. The smallest absolute Gasteiger partial charge is 0.195 e. The van der Waals surface area contributed by atoms with Gasteiger partial charge in [0.25, 0.3) is 0 Å². The van der Waals surface area contributed by atoms with E-state index in [-0.39, 0.29) is 11.7 Å². The molecule has 3 N–H and O–H groups in total. The van der Waals surface area contributed by atoms with E-state index in [0.717, 1.165) is 12.1 Å². The Labute approximate surface area is 99.7 Å². The largest absolute Gasteiger partial charge is 0.444 e. The lowest BCUT2D eigenvalue weighted by atomic mass is 10.0. The van der Waals surface area contributed by atoms with Gasteiger partial charge in [0.1, 0.15) is 5.76 Å². The van der Waals surface area contributed by atoms with Gasteiger partial charge in [-0.3, -0.25) is 5.84 Å². The van der Waals surface area contributed by atoms with Crippen LogP contribution in [0.3, 0.4) is 0 Å². The van der Waals surface area contributed by atoms with Crippen molar-refractivity contribution in [3.63, 3.8) is 0 Å². The van der Waals surface area contributed by atoms with Crippen LogP contribution >= 0.6 is 0 Å². The Hall–Kier alpha value is -1.62. The molecule has 92 valence electrons. The topological polar surface area (TPSA) is 59.6 Å². The first-order chi connectivity index (χ1) is 8.20. The van der Waals surface area contributed by atoms with Gasteiger partial charge in [0, 0.05) is 24.5 Å². The number of nitrogens with zero attached hydrogens (tertiary/aromatic N) is 1. The molecule has 1 aliphatic heterocycles. The van der Waals surface area contributed by atoms with Crippen molar-refractivity contribution in [1.82, 2.24) is 5.43 Å². The van der Waals surface area contributed by atoms with Crippen LogP contribution in [0.25, 0.3) is 0 Å². The second-order valence-electron chi connectivity index (χ2n) is 4.17. The maximum atomic E-state index is 13.4. The van der Waals surface area contributed by atoms with Gasteiger partial charge < -0.3 is 10.2 Å². The van der Waals surface area contributed by atoms with Crippen molar-refractivity contribution in [2.75, 3.05) is 0 Å². The van der Waals surface area contributed by atoms with Gasteiger partial charge in [-0.2, -0.15) is 0 Å². The number of hydrogen-bond donors (Lipinski definition) is 2. The first-order valence-electron chi connectivity index (χ1n) is 5.67. The van der Waals surface area contributed by atoms with Crippen LogP contribution in [0.4, 0.5) is 4.39 Å². The Bertz CT molecular complexity index is 423. The highest BCUT2D eigenvalue weighted by Crippen LogP contribution is 2.25. The number of rotatable bonds is 2. The molecule has 0 aromatic heterocycles. The maximum Gasteiger partial charge on any atom is 0.195 e. The van der Waals surface area contributed by atoms with Gasteiger partial charge in [0.15, 0.2) is 11.7 Å². The lowest BCUT2D eigenvalue weighted by molar-refractivity contribution is 0.348. The molecule has 2 aliphatic rings. The van der Waals surface area contributed by atoms with E-state index >= 15 is 0 Å². The predicted molar refractivity (Wildman–Crippen MR) is 64.2 cm³/mol. The van der Waals surface area contributed by atoms with Crippen LogP contribution in [0.5, 0.6) is 0 Å². The van der Waals surface area contributed by atoms with Gasteiger partial charge in [0.2, 0.25) is 0 Å². The molecule has 4 nitrogen and oxygen atoms in total. The molecule has 1 aliphatic carbocycles. The van der Waals surface area contributed by atoms with Crippen LogP contribution in [0.15, 0.2) is 40.6 Å². The molecule has 0 saturated carbocycles. The quantitative estimate of drug-likeness (QED) is 0.572. The van der Waals surface area contributed by atoms with Crippen molar-refractivity contribution in [2.24, 2.45) is 16.8 Å². The first kappa shape index (κ1) is 11.9. The number of halogens is 1. The van der Waals surface area contributed by atoms with E-state index in [1.54, 1.807) is 12.3 Å². The SMILES string of the molecule is CC1CC(OC2=C(F)C=CCC2)=NC=C1NN. The highest BCUT2D eigenvalue weighted by Gasteiger charge is 2.19. The second kappa shape index (κ2) is 5.14. The molecular weight excluding hydrogens is 221 g/mol. The molecule has 0 fully saturated rings. The van der Waals surface area contributed by atoms with Crippen LogP contribution in [-0.2, 0) is 4.74 Å². The molecule has 0 aromatic rings. The minimum absolute atomic E-state index is 0.204. The van der Waals surface area contributed by atoms with Crippen molar-refractivity contribution >= 4 is 5.90 Å². The highest BCUT2D eigenvalue weighted by molar-refractivity contribution is 5.79. The van der Waals surface area contributed by atoms with Crippen molar-refractivity contribution in [3.05, 3.63) is 35.6 Å². The van der Waals surface area contributed by atoms with Gasteiger partial charge >= 0.3 is 0 Å². The zero-order valence-corrected chi connectivity index (χ0v) is 9.74. The summed E-state index contributed by atoms with van der Waals surface area (Å²) in [5, 5.41) is 0. The monoisotopic (exact) mass is 237 g/mol. The van der Waals surface area contributed by atoms with Gasteiger partial charge in [-0.25, -0.2) is 9.38 Å². The summed E-state index contributed by atoms with van der Waals surface area (Å²) in [6, 6.07) is 0. The number of nitrogens with one attached hydrogen (secondary N) is 1. The molecule has 0 radical (unpaired) electrons. The van der Waals surface area contributed by atoms with E-state index < -0.39 is 0 Å². The van der Waals surface area contributed by atoms with Crippen molar-refractivity contribution < 1.29 is 9.13 Å². The Morgan fingerprint density at radius 1 is 1.59 bits per heavy atom. The molecule has 0 aromatic carbocycles. The molecule has 1 unspecified atom stereocenters. The number of hydrogen-bond acceptors (Lipinski definition) is 4. The summed E-state index contributed by atoms with van der Waals surface area (Å²) in [5.74, 6) is 6.15. The molecule has 1 heterocycles. The first-order valence-corrected chi connectivity index (χ1v) is 5.67. The highest BCUT2D eigenvalue weighted by atomic mass is 19.1. The number of ether oxygens (including phenoxy) is 1. The number of aliphatic imine (C=N–C) groups is 1. The summed E-state index contributed by atoms with van der Waals surface area (Å²) in [4.78, 5) is 4.13. The molecule has 1 atom stereocenters. The minimum Gasteiger partial charge on any atom is -0.444 e. The van der Waals surface area contributed by atoms with Crippen LogP contribution in [0, 0.1) is 5.92 Å². The summed E-state index contributed by atoms with van der Waals surface area (Å²) >= 11 is 0. The van der Waals surface area contributed by atoms with E-state index in [4.69, 9.17) is 10.6 Å². The van der Waals surface area contributed by atoms with Gasteiger partial charge in [-0.05, 0) is 12.5 Å². The van der Waals surface area contributed by atoms with Crippen LogP contribution in [-0.4, -0.2) is 5.90 Å². The molecule has 0 saturated heterocycles. The van der Waals surface area contributed by atoms with Crippen molar-refractivity contribution in [2.45, 2.75) is 26.2 Å². The van der Waals surface area contributed by atoms with E-state index in [1.807, 2.05) is 6.92 Å². The van der Waals surface area contributed by atoms with Crippen LogP contribution in [0.1, 0.15) is 26.2 Å². The molecule has 2 rings (SSSR count). The third-order valence-corrected chi connectivity index (χ3v) is 2.84. The fourth-order valence-electron chi connectivity index (χ4n) is 1.80. The van der Waals surface area contributed by atoms with Crippen molar-refractivity contribution in [1.29, 1.82) is 0 Å². The summed E-state index contributed by atoms with van der Waals surface area (Å²) in [7, 11) is 0. The van der Waals surface area contributed by atoms with Gasteiger partial charge in [0.05, 0.1) is 6.20 Å². The molecule has 0 bridgehead atoms. The average Bonchev–Trinajstić information content (AvgIpc) is 2.32. The molecule has 17 heavy (non-hydrogen) atoms. The second-order valence-corrected chi connectivity index (χ2v) is 4.17.